The third kappa shape index (κ3) is 6.25. The van der Waals surface area contributed by atoms with Crippen molar-refractivity contribution in [2.75, 3.05) is 12.3 Å². The normalized spacial score (nSPS) is 25.3. The number of carbonyl (C=O) groups is 1. The lowest BCUT2D eigenvalue weighted by Crippen LogP contribution is -2.36. The standard InChI is InChI=1S/C18H21ClFN4O7PS/c1-9(17(26)27)23-32(29,31-11-4-2-10(19)3-5-11)30-8-12-15(25)14(20)16(33-12)24-7-6-13(21)22-18(24)28/h2-7,9,12,14-16,25H,8H2,1H3,(H,23,29)(H,26,27)(H2,21,22,28)/t9?,12-,14+,15-,16-,32?/m1/s1. The summed E-state index contributed by atoms with van der Waals surface area (Å²) in [5.74, 6) is -1.27. The number of rotatable bonds is 9. The van der Waals surface area contributed by atoms with E-state index in [-0.39, 0.29) is 11.6 Å². The van der Waals surface area contributed by atoms with Gasteiger partial charge in [-0.2, -0.15) is 10.1 Å². The zero-order chi connectivity index (χ0) is 24.3. The maximum absolute atomic E-state index is 14.8. The molecule has 1 aromatic heterocycles. The van der Waals surface area contributed by atoms with Crippen molar-refractivity contribution in [3.8, 4) is 5.75 Å². The van der Waals surface area contributed by atoms with Gasteiger partial charge in [-0.3, -0.25) is 13.9 Å². The van der Waals surface area contributed by atoms with E-state index in [2.05, 4.69) is 10.1 Å². The average molecular weight is 523 g/mol. The van der Waals surface area contributed by atoms with E-state index < -0.39 is 55.0 Å². The molecule has 0 radical (unpaired) electrons. The zero-order valence-corrected chi connectivity index (χ0v) is 19.5. The highest BCUT2D eigenvalue weighted by Crippen LogP contribution is 2.49. The number of nitrogens with zero attached hydrogens (tertiary/aromatic N) is 2. The van der Waals surface area contributed by atoms with E-state index in [0.717, 1.165) is 16.3 Å². The number of hydrogen-bond donors (Lipinski definition) is 4. The topological polar surface area (TPSA) is 166 Å². The summed E-state index contributed by atoms with van der Waals surface area (Å²) in [7, 11) is -4.29. The monoisotopic (exact) mass is 522 g/mol. The van der Waals surface area contributed by atoms with Crippen molar-refractivity contribution >= 4 is 42.9 Å². The van der Waals surface area contributed by atoms with E-state index in [1.165, 1.54) is 43.5 Å². The first kappa shape index (κ1) is 25.5. The number of aliphatic carboxylic acids is 1. The zero-order valence-electron chi connectivity index (χ0n) is 17.1. The van der Waals surface area contributed by atoms with Gasteiger partial charge in [-0.25, -0.2) is 13.8 Å². The van der Waals surface area contributed by atoms with Crippen molar-refractivity contribution in [1.82, 2.24) is 14.6 Å². The van der Waals surface area contributed by atoms with Gasteiger partial charge >= 0.3 is 19.4 Å². The molecule has 1 aliphatic heterocycles. The van der Waals surface area contributed by atoms with Crippen molar-refractivity contribution in [3.05, 3.63) is 52.0 Å². The molecular weight excluding hydrogens is 502 g/mol. The fraction of sp³-hybridized carbons (Fsp3) is 0.389. The molecule has 2 heterocycles. The fourth-order valence-corrected chi connectivity index (χ4v) is 6.04. The van der Waals surface area contributed by atoms with Crippen molar-refractivity contribution < 1.29 is 33.0 Å². The molecular formula is C18H21ClFN4O7PS. The molecule has 3 rings (SSSR count). The van der Waals surface area contributed by atoms with Crippen molar-refractivity contribution in [2.24, 2.45) is 0 Å². The van der Waals surface area contributed by atoms with Crippen LogP contribution in [0.15, 0.2) is 41.3 Å². The molecule has 2 aromatic rings. The van der Waals surface area contributed by atoms with E-state index in [1.54, 1.807) is 0 Å². The summed E-state index contributed by atoms with van der Waals surface area (Å²) in [6, 6.07) is 5.74. The summed E-state index contributed by atoms with van der Waals surface area (Å²) in [5, 5.41) is 20.1. The van der Waals surface area contributed by atoms with Gasteiger partial charge in [0, 0.05) is 11.2 Å². The van der Waals surface area contributed by atoms with Crippen molar-refractivity contribution in [2.45, 2.75) is 35.9 Å². The van der Waals surface area contributed by atoms with Crippen LogP contribution in [-0.2, 0) is 13.9 Å². The first-order valence-corrected chi connectivity index (χ1v) is 12.4. The van der Waals surface area contributed by atoms with Crippen LogP contribution in [0.1, 0.15) is 12.3 Å². The number of nitrogens with two attached hydrogens (primary N) is 1. The van der Waals surface area contributed by atoms with Crippen LogP contribution in [0.2, 0.25) is 5.02 Å². The van der Waals surface area contributed by atoms with Gasteiger partial charge < -0.3 is 20.5 Å². The van der Waals surface area contributed by atoms with Gasteiger partial charge in [0.05, 0.1) is 11.9 Å². The first-order chi connectivity index (χ1) is 15.5. The van der Waals surface area contributed by atoms with E-state index in [4.69, 9.17) is 31.5 Å². The minimum absolute atomic E-state index is 0.0333. The summed E-state index contributed by atoms with van der Waals surface area (Å²) < 4.78 is 39.8. The Morgan fingerprint density at radius 2 is 2.09 bits per heavy atom. The number of aliphatic hydroxyl groups excluding tert-OH is 1. The first-order valence-electron chi connectivity index (χ1n) is 9.52. The van der Waals surface area contributed by atoms with Gasteiger partial charge in [0.2, 0.25) is 0 Å². The molecule has 0 saturated carbocycles. The number of hydrogen-bond acceptors (Lipinski definition) is 9. The maximum atomic E-state index is 14.8. The Balaban J connectivity index is 1.76. The van der Waals surface area contributed by atoms with E-state index in [1.807, 2.05) is 0 Å². The maximum Gasteiger partial charge on any atom is 0.459 e. The average Bonchev–Trinajstić information content (AvgIpc) is 3.02. The number of thioether (sulfide) groups is 1. The van der Waals surface area contributed by atoms with Gasteiger partial charge in [-0.05, 0) is 37.3 Å². The minimum Gasteiger partial charge on any atom is -0.480 e. The second-order valence-corrected chi connectivity index (χ2v) is 10.6. The van der Waals surface area contributed by atoms with E-state index >= 15 is 0 Å². The van der Waals surface area contributed by atoms with Gasteiger partial charge in [0.25, 0.3) is 0 Å². The molecule has 1 aromatic carbocycles. The van der Waals surface area contributed by atoms with Crippen LogP contribution in [0.3, 0.4) is 0 Å². The Kier molecular flexibility index (Phi) is 8.04. The number of anilines is 1. The highest BCUT2D eigenvalue weighted by atomic mass is 35.5. The summed E-state index contributed by atoms with van der Waals surface area (Å²) in [6.07, 6.45) is -2.19. The molecule has 180 valence electrons. The molecule has 0 bridgehead atoms. The molecule has 0 spiro atoms. The minimum atomic E-state index is -4.29. The number of nitrogen functional groups attached to an aromatic ring is 1. The molecule has 1 saturated heterocycles. The van der Waals surface area contributed by atoms with Crippen LogP contribution in [-0.4, -0.2) is 55.9 Å². The predicted molar refractivity (Wildman–Crippen MR) is 120 cm³/mol. The SMILES string of the molecule is CC(NP(=O)(OC[C@H]1S[C@@H](n2ccc(N)nc2=O)[C@@H](F)[C@@H]1O)Oc1ccc(Cl)cc1)C(=O)O. The molecule has 1 fully saturated rings. The molecule has 1 aliphatic rings. The third-order valence-electron chi connectivity index (χ3n) is 4.59. The van der Waals surface area contributed by atoms with Crippen LogP contribution >= 0.6 is 31.1 Å². The summed E-state index contributed by atoms with van der Waals surface area (Å²) in [5.41, 5.74) is 4.65. The quantitative estimate of drug-likeness (QED) is 0.356. The van der Waals surface area contributed by atoms with Crippen LogP contribution in [0, 0.1) is 0 Å². The van der Waals surface area contributed by atoms with Gasteiger partial charge in [-0.1, -0.05) is 11.6 Å². The second-order valence-electron chi connectivity index (χ2n) is 7.07. The molecule has 0 aliphatic carbocycles. The number of aromatic nitrogens is 2. The summed E-state index contributed by atoms with van der Waals surface area (Å²) >= 11 is 6.69. The molecule has 15 heteroatoms. The van der Waals surface area contributed by atoms with Crippen LogP contribution < -0.4 is 21.0 Å². The lowest BCUT2D eigenvalue weighted by molar-refractivity contribution is -0.138. The highest BCUT2D eigenvalue weighted by Gasteiger charge is 2.46. The molecule has 6 atom stereocenters. The van der Waals surface area contributed by atoms with Gasteiger partial charge in [-0.15, -0.1) is 11.8 Å². The van der Waals surface area contributed by atoms with Crippen molar-refractivity contribution in [3.63, 3.8) is 0 Å². The largest absolute Gasteiger partial charge is 0.480 e. The molecule has 0 amide bonds. The van der Waals surface area contributed by atoms with Gasteiger partial charge in [0.15, 0.2) is 6.17 Å². The summed E-state index contributed by atoms with van der Waals surface area (Å²) in [4.78, 5) is 26.8. The number of carboxylic acids is 1. The molecule has 11 nitrogen and oxygen atoms in total. The molecule has 2 unspecified atom stereocenters. The Bertz CT molecular complexity index is 1110. The van der Waals surface area contributed by atoms with Crippen LogP contribution in [0.25, 0.3) is 0 Å². The Labute approximate surface area is 196 Å². The molecule has 33 heavy (non-hydrogen) atoms. The van der Waals surface area contributed by atoms with Crippen LogP contribution in [0.4, 0.5) is 10.2 Å². The number of aliphatic hydroxyl groups is 1. The number of carboxylic acid groups (broad SMARTS) is 1. The fourth-order valence-electron chi connectivity index (χ4n) is 2.87. The third-order valence-corrected chi connectivity index (χ3v) is 8.02. The lowest BCUT2D eigenvalue weighted by atomic mass is 10.1. The smallest absolute Gasteiger partial charge is 0.459 e. The van der Waals surface area contributed by atoms with E-state index in [0.29, 0.717) is 5.02 Å². The number of alkyl halides is 1. The summed E-state index contributed by atoms with van der Waals surface area (Å²) in [6.45, 7) is 0.751. The number of halogens is 2. The number of benzene rings is 1. The Morgan fingerprint density at radius 1 is 1.42 bits per heavy atom. The Morgan fingerprint density at radius 3 is 2.70 bits per heavy atom. The van der Waals surface area contributed by atoms with Crippen molar-refractivity contribution in [1.29, 1.82) is 0 Å². The highest BCUT2D eigenvalue weighted by molar-refractivity contribution is 8.00. The Hall–Kier alpha value is -2.15. The van der Waals surface area contributed by atoms with Crippen LogP contribution in [0.5, 0.6) is 5.75 Å². The predicted octanol–water partition coefficient (Wildman–Crippen LogP) is 2.06. The number of nitrogens with one attached hydrogen (secondary N) is 1. The molecule has 5 N–H and O–H groups in total. The lowest BCUT2D eigenvalue weighted by Gasteiger charge is -2.23. The van der Waals surface area contributed by atoms with E-state index in [9.17, 15) is 23.7 Å². The van der Waals surface area contributed by atoms with Gasteiger partial charge in [0.1, 0.15) is 29.1 Å². The second kappa shape index (κ2) is 10.4.